The number of likely N-dealkylation sites (N-methyl/N-ethyl adjacent to an activating group) is 1. The number of hydrogen-bond donors (Lipinski definition) is 1. The second-order valence-electron chi connectivity index (χ2n) is 5.29. The van der Waals surface area contributed by atoms with Crippen LogP contribution in [0.4, 0.5) is 5.69 Å². The van der Waals surface area contributed by atoms with Gasteiger partial charge in [0.15, 0.2) is 9.84 Å². The summed E-state index contributed by atoms with van der Waals surface area (Å²) in [6, 6.07) is 7.16. The van der Waals surface area contributed by atoms with E-state index in [0.717, 1.165) is 5.69 Å². The van der Waals surface area contributed by atoms with E-state index in [2.05, 4.69) is 5.32 Å². The van der Waals surface area contributed by atoms with Crippen LogP contribution in [-0.2, 0) is 14.6 Å². The number of carbonyl (C=O) groups excluding carboxylic acids is 1. The lowest BCUT2D eigenvalue weighted by Gasteiger charge is -2.27. The molecule has 1 saturated heterocycles. The Bertz CT molecular complexity index is 630. The van der Waals surface area contributed by atoms with Gasteiger partial charge in [0.2, 0.25) is 5.91 Å². The van der Waals surface area contributed by atoms with Gasteiger partial charge in [0.05, 0.1) is 30.8 Å². The van der Waals surface area contributed by atoms with Crippen LogP contribution in [0.1, 0.15) is 13.3 Å². The molecule has 0 radical (unpaired) electrons. The fourth-order valence-corrected chi connectivity index (χ4v) is 4.45. The molecule has 1 aliphatic heterocycles. The minimum absolute atomic E-state index is 0.0707. The van der Waals surface area contributed by atoms with Gasteiger partial charge in [0.1, 0.15) is 5.75 Å². The third kappa shape index (κ3) is 3.91. The average Bonchev–Trinajstić information content (AvgIpc) is 2.86. The van der Waals surface area contributed by atoms with E-state index in [9.17, 15) is 13.2 Å². The van der Waals surface area contributed by atoms with Crippen molar-refractivity contribution in [3.63, 3.8) is 0 Å². The van der Waals surface area contributed by atoms with Crippen LogP contribution >= 0.6 is 0 Å². The Balaban J connectivity index is 1.98. The van der Waals surface area contributed by atoms with Gasteiger partial charge in [-0.1, -0.05) is 12.1 Å². The van der Waals surface area contributed by atoms with Gasteiger partial charge in [-0.25, -0.2) is 8.42 Å². The summed E-state index contributed by atoms with van der Waals surface area (Å²) in [4.78, 5) is 14.0. The number of anilines is 1. The van der Waals surface area contributed by atoms with Crippen LogP contribution in [0.25, 0.3) is 0 Å². The fraction of sp³-hybridized carbons (Fsp3) is 0.533. The molecule has 122 valence electrons. The molecule has 1 aromatic carbocycles. The number of benzene rings is 1. The quantitative estimate of drug-likeness (QED) is 0.848. The van der Waals surface area contributed by atoms with E-state index in [-0.39, 0.29) is 30.0 Å². The number of nitrogens with one attached hydrogen (secondary N) is 1. The molecule has 1 amide bonds. The summed E-state index contributed by atoms with van der Waals surface area (Å²) >= 11 is 0. The third-order valence-corrected chi connectivity index (χ3v) is 5.60. The van der Waals surface area contributed by atoms with Crippen LogP contribution in [0, 0.1) is 0 Å². The van der Waals surface area contributed by atoms with Gasteiger partial charge in [-0.15, -0.1) is 0 Å². The summed E-state index contributed by atoms with van der Waals surface area (Å²) in [5.74, 6) is 0.806. The number of hydrogen-bond acceptors (Lipinski definition) is 5. The van der Waals surface area contributed by atoms with Crippen molar-refractivity contribution in [2.75, 3.05) is 37.0 Å². The van der Waals surface area contributed by atoms with Crippen molar-refractivity contribution < 1.29 is 17.9 Å². The van der Waals surface area contributed by atoms with Crippen LogP contribution in [0.15, 0.2) is 24.3 Å². The number of methoxy groups -OCH3 is 1. The third-order valence-electron chi connectivity index (χ3n) is 3.85. The first-order valence-corrected chi connectivity index (χ1v) is 9.15. The molecule has 1 unspecified atom stereocenters. The van der Waals surface area contributed by atoms with Crippen LogP contribution in [0.2, 0.25) is 0 Å². The second kappa shape index (κ2) is 7.00. The van der Waals surface area contributed by atoms with Crippen molar-refractivity contribution >= 4 is 21.4 Å². The Hall–Kier alpha value is -1.76. The Labute approximate surface area is 131 Å². The molecule has 0 saturated carbocycles. The van der Waals surface area contributed by atoms with Crippen LogP contribution in [-0.4, -0.2) is 57.0 Å². The molecule has 1 atom stereocenters. The largest absolute Gasteiger partial charge is 0.495 e. The van der Waals surface area contributed by atoms with E-state index < -0.39 is 9.84 Å². The highest BCUT2D eigenvalue weighted by Crippen LogP contribution is 2.23. The first-order valence-electron chi connectivity index (χ1n) is 7.33. The smallest absolute Gasteiger partial charge is 0.242 e. The molecular weight excluding hydrogens is 304 g/mol. The maximum Gasteiger partial charge on any atom is 0.242 e. The Morgan fingerprint density at radius 2 is 2.14 bits per heavy atom. The molecule has 1 fully saturated rings. The topological polar surface area (TPSA) is 75.7 Å². The lowest BCUT2D eigenvalue weighted by molar-refractivity contribution is -0.130. The molecule has 0 bridgehead atoms. The molecule has 22 heavy (non-hydrogen) atoms. The summed E-state index contributed by atoms with van der Waals surface area (Å²) in [7, 11) is -1.42. The molecule has 6 nitrogen and oxygen atoms in total. The van der Waals surface area contributed by atoms with E-state index in [4.69, 9.17) is 4.74 Å². The highest BCUT2D eigenvalue weighted by molar-refractivity contribution is 7.91. The van der Waals surface area contributed by atoms with Gasteiger partial charge in [0, 0.05) is 12.6 Å². The summed E-state index contributed by atoms with van der Waals surface area (Å²) < 4.78 is 28.4. The zero-order chi connectivity index (χ0) is 16.2. The van der Waals surface area contributed by atoms with Crippen LogP contribution < -0.4 is 10.1 Å². The van der Waals surface area contributed by atoms with E-state index in [1.165, 1.54) is 0 Å². The molecule has 0 spiro atoms. The lowest BCUT2D eigenvalue weighted by atomic mass is 10.2. The SMILES string of the molecule is CCN(C(=O)CNc1ccccc1OC)C1CCS(=O)(=O)C1. The van der Waals surface area contributed by atoms with Crippen molar-refractivity contribution in [1.29, 1.82) is 0 Å². The normalized spacial score (nSPS) is 19.6. The average molecular weight is 326 g/mol. The van der Waals surface area contributed by atoms with Crippen molar-refractivity contribution in [2.24, 2.45) is 0 Å². The molecule has 1 heterocycles. The number of carbonyl (C=O) groups is 1. The maximum absolute atomic E-state index is 12.4. The Morgan fingerprint density at radius 1 is 1.41 bits per heavy atom. The van der Waals surface area contributed by atoms with Gasteiger partial charge in [-0.3, -0.25) is 4.79 Å². The summed E-state index contributed by atoms with van der Waals surface area (Å²) in [6.07, 6.45) is 0.524. The monoisotopic (exact) mass is 326 g/mol. The maximum atomic E-state index is 12.4. The number of para-hydroxylation sites is 2. The predicted molar refractivity (Wildman–Crippen MR) is 85.9 cm³/mol. The summed E-state index contributed by atoms with van der Waals surface area (Å²) in [5.41, 5.74) is 0.744. The van der Waals surface area contributed by atoms with E-state index in [0.29, 0.717) is 18.7 Å². The molecular formula is C15H22N2O4S. The molecule has 1 aromatic rings. The van der Waals surface area contributed by atoms with Gasteiger partial charge >= 0.3 is 0 Å². The van der Waals surface area contributed by atoms with Gasteiger partial charge < -0.3 is 15.0 Å². The fourth-order valence-electron chi connectivity index (χ4n) is 2.72. The number of nitrogens with zero attached hydrogens (tertiary/aromatic N) is 1. The van der Waals surface area contributed by atoms with Crippen LogP contribution in [0.3, 0.4) is 0 Å². The van der Waals surface area contributed by atoms with E-state index in [1.54, 1.807) is 12.0 Å². The first-order chi connectivity index (χ1) is 10.5. The molecule has 0 aromatic heterocycles. The standard InChI is InChI=1S/C15H22N2O4S/c1-3-17(12-8-9-22(19,20)11-12)15(18)10-16-13-6-4-5-7-14(13)21-2/h4-7,12,16H,3,8-11H2,1-2H3. The zero-order valence-electron chi connectivity index (χ0n) is 12.9. The second-order valence-corrected chi connectivity index (χ2v) is 7.52. The van der Waals surface area contributed by atoms with Gasteiger partial charge in [0.25, 0.3) is 0 Å². The summed E-state index contributed by atoms with van der Waals surface area (Å²) in [5, 5.41) is 3.06. The molecule has 7 heteroatoms. The van der Waals surface area contributed by atoms with Crippen molar-refractivity contribution in [1.82, 2.24) is 4.90 Å². The van der Waals surface area contributed by atoms with Crippen molar-refractivity contribution in [3.8, 4) is 5.75 Å². The van der Waals surface area contributed by atoms with Gasteiger partial charge in [-0.2, -0.15) is 0 Å². The number of rotatable bonds is 6. The molecule has 0 aliphatic carbocycles. The minimum atomic E-state index is -3.00. The molecule has 2 rings (SSSR count). The predicted octanol–water partition coefficient (Wildman–Crippen LogP) is 1.14. The Morgan fingerprint density at radius 3 is 2.73 bits per heavy atom. The first kappa shape index (κ1) is 16.6. The lowest BCUT2D eigenvalue weighted by Crippen LogP contribution is -2.43. The van der Waals surface area contributed by atoms with E-state index in [1.807, 2.05) is 31.2 Å². The number of ether oxygens (including phenoxy) is 1. The van der Waals surface area contributed by atoms with E-state index >= 15 is 0 Å². The summed E-state index contributed by atoms with van der Waals surface area (Å²) in [6.45, 7) is 2.49. The number of amides is 1. The minimum Gasteiger partial charge on any atom is -0.495 e. The Kier molecular flexibility index (Phi) is 5.28. The van der Waals surface area contributed by atoms with Crippen molar-refractivity contribution in [3.05, 3.63) is 24.3 Å². The molecule has 1 N–H and O–H groups in total. The zero-order valence-corrected chi connectivity index (χ0v) is 13.7. The highest BCUT2D eigenvalue weighted by atomic mass is 32.2. The number of sulfone groups is 1. The van der Waals surface area contributed by atoms with Gasteiger partial charge in [-0.05, 0) is 25.5 Å². The van der Waals surface area contributed by atoms with Crippen molar-refractivity contribution in [2.45, 2.75) is 19.4 Å². The highest BCUT2D eigenvalue weighted by Gasteiger charge is 2.33. The van der Waals surface area contributed by atoms with Crippen LogP contribution in [0.5, 0.6) is 5.75 Å². The molecule has 1 aliphatic rings.